The van der Waals surface area contributed by atoms with Gasteiger partial charge in [-0.05, 0) is 73.4 Å². The highest BCUT2D eigenvalue weighted by molar-refractivity contribution is 5.95. The molecule has 0 spiro atoms. The van der Waals surface area contributed by atoms with Crippen LogP contribution in [0.2, 0.25) is 0 Å². The summed E-state index contributed by atoms with van der Waals surface area (Å²) >= 11 is 0. The molecule has 0 unspecified atom stereocenters. The lowest BCUT2D eigenvalue weighted by molar-refractivity contribution is 0.0955. The van der Waals surface area contributed by atoms with Crippen LogP contribution in [0.1, 0.15) is 39.9 Å². The number of hydrogen-bond acceptors (Lipinski definition) is 5. The lowest BCUT2D eigenvalue weighted by Crippen LogP contribution is -2.19. The molecule has 4 rings (SSSR count). The molecule has 0 radical (unpaired) electrons. The maximum atomic E-state index is 12.4. The minimum atomic E-state index is -0.246. The maximum absolute atomic E-state index is 12.4. The van der Waals surface area contributed by atoms with Gasteiger partial charge in [-0.15, -0.1) is 0 Å². The van der Waals surface area contributed by atoms with Gasteiger partial charge >= 0.3 is 0 Å². The van der Waals surface area contributed by atoms with E-state index in [4.69, 9.17) is 9.47 Å². The van der Waals surface area contributed by atoms with Crippen molar-refractivity contribution >= 4 is 17.8 Å². The topological polar surface area (TPSA) is 63.2 Å². The highest BCUT2D eigenvalue weighted by Gasteiger charge is 2.13. The summed E-state index contributed by atoms with van der Waals surface area (Å²) in [6, 6.07) is 21.4. The lowest BCUT2D eigenvalue weighted by Gasteiger charge is -2.17. The molecular formula is C27H29N3O3. The van der Waals surface area contributed by atoms with Crippen LogP contribution in [0.4, 0.5) is 5.69 Å². The van der Waals surface area contributed by atoms with Crippen LogP contribution < -0.4 is 19.8 Å². The number of rotatable bonds is 8. The van der Waals surface area contributed by atoms with E-state index in [-0.39, 0.29) is 5.91 Å². The first kappa shape index (κ1) is 22.4. The minimum Gasteiger partial charge on any atom is -0.493 e. The number of anilines is 1. The fourth-order valence-electron chi connectivity index (χ4n) is 3.76. The summed E-state index contributed by atoms with van der Waals surface area (Å²) in [6.45, 7) is 4.67. The summed E-state index contributed by atoms with van der Waals surface area (Å²) in [5.74, 6) is 1.01. The van der Waals surface area contributed by atoms with Crippen LogP contribution in [0.15, 0.2) is 71.8 Å². The Bertz CT molecular complexity index is 1100. The predicted molar refractivity (Wildman–Crippen MR) is 131 cm³/mol. The summed E-state index contributed by atoms with van der Waals surface area (Å²) in [6.07, 6.45) is 4.03. The van der Waals surface area contributed by atoms with Crippen molar-refractivity contribution in [2.45, 2.75) is 26.4 Å². The number of amides is 1. The third-order valence-electron chi connectivity index (χ3n) is 5.68. The van der Waals surface area contributed by atoms with Crippen LogP contribution in [0.3, 0.4) is 0 Å². The molecule has 1 heterocycles. The van der Waals surface area contributed by atoms with Crippen LogP contribution in [0.5, 0.6) is 11.5 Å². The van der Waals surface area contributed by atoms with E-state index < -0.39 is 0 Å². The van der Waals surface area contributed by atoms with E-state index in [0.29, 0.717) is 23.7 Å². The van der Waals surface area contributed by atoms with Gasteiger partial charge in [0.1, 0.15) is 6.61 Å². The Kier molecular flexibility index (Phi) is 7.25. The van der Waals surface area contributed by atoms with E-state index in [0.717, 1.165) is 29.9 Å². The Labute approximate surface area is 194 Å². The molecule has 1 N–H and O–H groups in total. The van der Waals surface area contributed by atoms with Gasteiger partial charge in [0, 0.05) is 24.3 Å². The van der Waals surface area contributed by atoms with Gasteiger partial charge in [-0.25, -0.2) is 5.43 Å². The number of benzene rings is 3. The molecule has 0 atom stereocenters. The van der Waals surface area contributed by atoms with Crippen LogP contribution in [-0.4, -0.2) is 32.3 Å². The number of methoxy groups -OCH3 is 1. The van der Waals surface area contributed by atoms with Gasteiger partial charge in [0.2, 0.25) is 0 Å². The molecule has 0 aromatic heterocycles. The molecule has 0 saturated carbocycles. The molecule has 1 aliphatic rings. The number of nitrogens with one attached hydrogen (secondary N) is 1. The molecule has 3 aromatic carbocycles. The van der Waals surface area contributed by atoms with Gasteiger partial charge in [-0.3, -0.25) is 4.79 Å². The Hall–Kier alpha value is -3.80. The molecule has 6 nitrogen and oxygen atoms in total. The summed E-state index contributed by atoms with van der Waals surface area (Å²) in [5.41, 5.74) is 7.41. The van der Waals surface area contributed by atoms with Crippen molar-refractivity contribution in [1.29, 1.82) is 0 Å². The SMILES string of the molecule is COc1cc(/C=N\NC(=O)c2ccc(N3CCCC3)cc2)ccc1OCc1ccc(C)cc1. The molecule has 1 aliphatic heterocycles. The van der Waals surface area contributed by atoms with Crippen molar-refractivity contribution in [3.63, 3.8) is 0 Å². The summed E-state index contributed by atoms with van der Waals surface area (Å²) in [4.78, 5) is 14.7. The van der Waals surface area contributed by atoms with E-state index in [1.54, 1.807) is 13.3 Å². The molecule has 0 aliphatic carbocycles. The summed E-state index contributed by atoms with van der Waals surface area (Å²) in [5, 5.41) is 4.09. The van der Waals surface area contributed by atoms with Crippen molar-refractivity contribution in [1.82, 2.24) is 5.43 Å². The monoisotopic (exact) mass is 443 g/mol. The zero-order chi connectivity index (χ0) is 23.0. The van der Waals surface area contributed by atoms with E-state index in [2.05, 4.69) is 34.5 Å². The fraction of sp³-hybridized carbons (Fsp3) is 0.259. The molecule has 6 heteroatoms. The Balaban J connectivity index is 1.33. The molecule has 1 saturated heterocycles. The van der Waals surface area contributed by atoms with Gasteiger partial charge in [0.05, 0.1) is 13.3 Å². The third-order valence-corrected chi connectivity index (χ3v) is 5.68. The van der Waals surface area contributed by atoms with E-state index in [1.807, 2.05) is 54.6 Å². The molecule has 3 aromatic rings. The standard InChI is InChI=1S/C27H29N3O3/c1-20-5-7-21(8-6-20)19-33-25-14-9-22(17-26(25)32-2)18-28-29-27(31)23-10-12-24(13-11-23)30-15-3-4-16-30/h5-14,17-18H,3-4,15-16,19H2,1-2H3,(H,29,31)/b28-18-. The van der Waals surface area contributed by atoms with Crippen molar-refractivity contribution in [3.8, 4) is 11.5 Å². The maximum Gasteiger partial charge on any atom is 0.271 e. The van der Waals surface area contributed by atoms with Gasteiger partial charge in [0.15, 0.2) is 11.5 Å². The molecular weight excluding hydrogens is 414 g/mol. The Morgan fingerprint density at radius 2 is 1.73 bits per heavy atom. The van der Waals surface area contributed by atoms with Crippen molar-refractivity contribution in [3.05, 3.63) is 89.0 Å². The largest absolute Gasteiger partial charge is 0.493 e. The van der Waals surface area contributed by atoms with E-state index in [9.17, 15) is 4.79 Å². The highest BCUT2D eigenvalue weighted by Crippen LogP contribution is 2.28. The van der Waals surface area contributed by atoms with Crippen LogP contribution in [0.25, 0.3) is 0 Å². The van der Waals surface area contributed by atoms with Crippen molar-refractivity contribution in [2.24, 2.45) is 5.10 Å². The average molecular weight is 444 g/mol. The first-order chi connectivity index (χ1) is 16.1. The quantitative estimate of drug-likeness (QED) is 0.395. The fourth-order valence-corrected chi connectivity index (χ4v) is 3.76. The number of ether oxygens (including phenoxy) is 2. The number of hydrazone groups is 1. The third kappa shape index (κ3) is 5.92. The molecule has 0 bridgehead atoms. The van der Waals surface area contributed by atoms with Crippen LogP contribution in [0, 0.1) is 6.92 Å². The minimum absolute atomic E-state index is 0.246. The Morgan fingerprint density at radius 3 is 2.42 bits per heavy atom. The highest BCUT2D eigenvalue weighted by atomic mass is 16.5. The molecule has 33 heavy (non-hydrogen) atoms. The normalized spacial score (nSPS) is 13.3. The molecule has 170 valence electrons. The first-order valence-corrected chi connectivity index (χ1v) is 11.2. The van der Waals surface area contributed by atoms with Crippen LogP contribution in [-0.2, 0) is 6.61 Å². The summed E-state index contributed by atoms with van der Waals surface area (Å²) in [7, 11) is 1.60. The number of aryl methyl sites for hydroxylation is 1. The number of carbonyl (C=O) groups is 1. The second-order valence-corrected chi connectivity index (χ2v) is 8.12. The zero-order valence-corrected chi connectivity index (χ0v) is 19.1. The van der Waals surface area contributed by atoms with Gasteiger partial charge < -0.3 is 14.4 Å². The number of nitrogens with zero attached hydrogens (tertiary/aromatic N) is 2. The second-order valence-electron chi connectivity index (χ2n) is 8.12. The number of hydrogen-bond donors (Lipinski definition) is 1. The van der Waals surface area contributed by atoms with Gasteiger partial charge in [0.25, 0.3) is 5.91 Å². The second kappa shape index (κ2) is 10.7. The van der Waals surface area contributed by atoms with Gasteiger partial charge in [-0.2, -0.15) is 5.10 Å². The van der Waals surface area contributed by atoms with Crippen molar-refractivity contribution in [2.75, 3.05) is 25.1 Å². The zero-order valence-electron chi connectivity index (χ0n) is 19.1. The van der Waals surface area contributed by atoms with Gasteiger partial charge in [-0.1, -0.05) is 29.8 Å². The Morgan fingerprint density at radius 1 is 1.00 bits per heavy atom. The molecule has 1 fully saturated rings. The van der Waals surface area contributed by atoms with E-state index in [1.165, 1.54) is 18.4 Å². The van der Waals surface area contributed by atoms with Crippen LogP contribution >= 0.6 is 0 Å². The smallest absolute Gasteiger partial charge is 0.271 e. The lowest BCUT2D eigenvalue weighted by atomic mass is 10.2. The first-order valence-electron chi connectivity index (χ1n) is 11.2. The predicted octanol–water partition coefficient (Wildman–Crippen LogP) is 4.95. The van der Waals surface area contributed by atoms with E-state index >= 15 is 0 Å². The molecule has 1 amide bonds. The number of carbonyl (C=O) groups excluding carboxylic acids is 1. The average Bonchev–Trinajstić information content (AvgIpc) is 3.39. The van der Waals surface area contributed by atoms with Crippen molar-refractivity contribution < 1.29 is 14.3 Å². The summed E-state index contributed by atoms with van der Waals surface area (Å²) < 4.78 is 11.4.